The molecule has 0 aromatic rings. The number of esters is 1. The highest BCUT2D eigenvalue weighted by molar-refractivity contribution is 6.04. The molecular formula is C24H40O4. The molecule has 0 saturated heterocycles. The van der Waals surface area contributed by atoms with Crippen LogP contribution >= 0.6 is 0 Å². The van der Waals surface area contributed by atoms with E-state index < -0.39 is 11.4 Å². The lowest BCUT2D eigenvalue weighted by Gasteiger charge is -2.36. The molecule has 4 heteroatoms. The number of methoxy groups -OCH3 is 1. The van der Waals surface area contributed by atoms with Crippen LogP contribution < -0.4 is 0 Å². The first kappa shape index (κ1) is 23.1. The summed E-state index contributed by atoms with van der Waals surface area (Å²) in [6.45, 7) is 0. The number of Topliss-reactive ketones (excluding diaryl/α,β-unsaturated/α-hetero) is 2. The summed E-state index contributed by atoms with van der Waals surface area (Å²) in [6.07, 6.45) is 17.2. The van der Waals surface area contributed by atoms with Gasteiger partial charge in [0.1, 0.15) is 17.0 Å². The summed E-state index contributed by atoms with van der Waals surface area (Å²) in [7, 11) is 1.39. The first-order valence-electron chi connectivity index (χ1n) is 11.7. The Bertz CT molecular complexity index is 513. The summed E-state index contributed by atoms with van der Waals surface area (Å²) in [5, 5.41) is 0. The highest BCUT2D eigenvalue weighted by atomic mass is 16.5. The zero-order chi connectivity index (χ0) is 20.2. The molecule has 2 rings (SSSR count). The van der Waals surface area contributed by atoms with E-state index in [0.717, 1.165) is 44.9 Å². The first-order valence-corrected chi connectivity index (χ1v) is 11.7. The summed E-state index contributed by atoms with van der Waals surface area (Å²) in [5.41, 5.74) is -1.09. The van der Waals surface area contributed by atoms with Gasteiger partial charge in [0.25, 0.3) is 0 Å². The normalized spacial score (nSPS) is 30.0. The van der Waals surface area contributed by atoms with Crippen molar-refractivity contribution in [2.24, 2.45) is 11.3 Å². The molecule has 0 aliphatic heterocycles. The van der Waals surface area contributed by atoms with Crippen LogP contribution in [0.25, 0.3) is 0 Å². The van der Waals surface area contributed by atoms with Gasteiger partial charge in [0.05, 0.1) is 7.11 Å². The fourth-order valence-electron chi connectivity index (χ4n) is 5.26. The van der Waals surface area contributed by atoms with Crippen LogP contribution in [-0.2, 0) is 19.1 Å². The van der Waals surface area contributed by atoms with Crippen molar-refractivity contribution in [2.45, 2.75) is 116 Å². The Balaban J connectivity index is 2.18. The largest absolute Gasteiger partial charge is 0.468 e. The zero-order valence-corrected chi connectivity index (χ0v) is 17.9. The van der Waals surface area contributed by atoms with E-state index >= 15 is 0 Å². The monoisotopic (exact) mass is 392 g/mol. The van der Waals surface area contributed by atoms with Gasteiger partial charge in [-0.05, 0) is 38.0 Å². The van der Waals surface area contributed by atoms with Gasteiger partial charge in [-0.15, -0.1) is 0 Å². The van der Waals surface area contributed by atoms with Crippen LogP contribution in [0.4, 0.5) is 0 Å². The summed E-state index contributed by atoms with van der Waals surface area (Å²) < 4.78 is 5.16. The number of ketones is 2. The minimum absolute atomic E-state index is 0.0209. The topological polar surface area (TPSA) is 60.4 Å². The molecule has 2 atom stereocenters. The lowest BCUT2D eigenvalue weighted by Crippen LogP contribution is -2.46. The van der Waals surface area contributed by atoms with Crippen molar-refractivity contribution in [2.75, 3.05) is 7.11 Å². The van der Waals surface area contributed by atoms with Crippen LogP contribution in [-0.4, -0.2) is 24.6 Å². The summed E-state index contributed by atoms with van der Waals surface area (Å²) in [5.74, 6) is -0.149. The molecule has 2 aliphatic carbocycles. The third-order valence-corrected chi connectivity index (χ3v) is 7.01. The van der Waals surface area contributed by atoms with E-state index in [0.29, 0.717) is 25.7 Å². The fraction of sp³-hybridized carbons (Fsp3) is 0.875. The van der Waals surface area contributed by atoms with E-state index in [9.17, 15) is 14.4 Å². The number of carbonyl (C=O) groups excluding carboxylic acids is 3. The van der Waals surface area contributed by atoms with Gasteiger partial charge < -0.3 is 4.74 Å². The number of rotatable bonds is 1. The van der Waals surface area contributed by atoms with Crippen LogP contribution in [0.3, 0.4) is 0 Å². The molecule has 0 N–H and O–H groups in total. The van der Waals surface area contributed by atoms with Crippen molar-refractivity contribution in [1.82, 2.24) is 0 Å². The summed E-state index contributed by atoms with van der Waals surface area (Å²) >= 11 is 0. The average Bonchev–Trinajstić information content (AvgIpc) is 2.85. The Hall–Kier alpha value is -1.19. The minimum atomic E-state index is -1.09. The van der Waals surface area contributed by atoms with Crippen LogP contribution in [0.1, 0.15) is 116 Å². The quantitative estimate of drug-likeness (QED) is 0.409. The lowest BCUT2D eigenvalue weighted by atomic mass is 9.66. The van der Waals surface area contributed by atoms with Crippen molar-refractivity contribution < 1.29 is 19.1 Å². The van der Waals surface area contributed by atoms with Gasteiger partial charge in [-0.3, -0.25) is 14.4 Å². The predicted octanol–water partition coefficient (Wildman–Crippen LogP) is 5.95. The van der Waals surface area contributed by atoms with Crippen LogP contribution in [0.2, 0.25) is 0 Å². The van der Waals surface area contributed by atoms with Crippen molar-refractivity contribution >= 4 is 17.5 Å². The number of hydrogen-bond donors (Lipinski definition) is 0. The van der Waals surface area contributed by atoms with E-state index in [1.807, 2.05) is 0 Å². The molecule has 0 bridgehead atoms. The highest BCUT2D eigenvalue weighted by Crippen LogP contribution is 2.45. The molecule has 28 heavy (non-hydrogen) atoms. The van der Waals surface area contributed by atoms with Gasteiger partial charge in [0, 0.05) is 19.3 Å². The van der Waals surface area contributed by atoms with E-state index in [-0.39, 0.29) is 17.5 Å². The molecule has 0 aromatic carbocycles. The number of ether oxygens (including phenoxy) is 1. The number of carbonyl (C=O) groups is 3. The van der Waals surface area contributed by atoms with Crippen molar-refractivity contribution in [3.63, 3.8) is 0 Å². The van der Waals surface area contributed by atoms with E-state index in [1.165, 1.54) is 52.1 Å². The molecule has 2 aliphatic rings. The standard InChI is InChI=1S/C24H40O4/c1-28-23(27)24-19-18-21(25)16-11-9-7-5-3-2-4-6-8-10-14-20(24)15-12-13-17-22(24)26/h20H,2-19H2,1H3. The van der Waals surface area contributed by atoms with E-state index in [1.54, 1.807) is 0 Å². The molecule has 0 aromatic heterocycles. The summed E-state index contributed by atoms with van der Waals surface area (Å²) in [4.78, 5) is 38.6. The van der Waals surface area contributed by atoms with Crippen molar-refractivity contribution in [3.05, 3.63) is 0 Å². The SMILES string of the molecule is COC(=O)C12CCC(=O)CCCCCCCCCCCCC1CCCCC2=O. The average molecular weight is 393 g/mol. The Labute approximate surface area is 171 Å². The van der Waals surface area contributed by atoms with Gasteiger partial charge in [0.15, 0.2) is 0 Å². The Kier molecular flexibility index (Phi) is 10.2. The number of fused-ring (bicyclic) bond motifs is 1. The summed E-state index contributed by atoms with van der Waals surface area (Å²) in [6, 6.07) is 0. The Morgan fingerprint density at radius 3 is 1.86 bits per heavy atom. The van der Waals surface area contributed by atoms with Crippen molar-refractivity contribution in [3.8, 4) is 0 Å². The van der Waals surface area contributed by atoms with E-state index in [4.69, 9.17) is 4.74 Å². The van der Waals surface area contributed by atoms with Gasteiger partial charge >= 0.3 is 5.97 Å². The van der Waals surface area contributed by atoms with Crippen LogP contribution in [0.15, 0.2) is 0 Å². The molecule has 2 unspecified atom stereocenters. The maximum absolute atomic E-state index is 13.2. The second-order valence-corrected chi connectivity index (χ2v) is 8.94. The molecule has 2 fully saturated rings. The van der Waals surface area contributed by atoms with Crippen LogP contribution in [0, 0.1) is 11.3 Å². The van der Waals surface area contributed by atoms with Crippen LogP contribution in [0.5, 0.6) is 0 Å². The molecule has 160 valence electrons. The van der Waals surface area contributed by atoms with Gasteiger partial charge in [-0.1, -0.05) is 64.2 Å². The number of hydrogen-bond acceptors (Lipinski definition) is 4. The van der Waals surface area contributed by atoms with Gasteiger partial charge in [-0.2, -0.15) is 0 Å². The third-order valence-electron chi connectivity index (χ3n) is 7.01. The predicted molar refractivity (Wildman–Crippen MR) is 111 cm³/mol. The molecule has 4 nitrogen and oxygen atoms in total. The fourth-order valence-corrected chi connectivity index (χ4v) is 5.26. The van der Waals surface area contributed by atoms with Gasteiger partial charge in [0.2, 0.25) is 0 Å². The second kappa shape index (κ2) is 12.4. The highest BCUT2D eigenvalue weighted by Gasteiger charge is 2.52. The minimum Gasteiger partial charge on any atom is -0.468 e. The molecule has 0 heterocycles. The molecular weight excluding hydrogens is 352 g/mol. The second-order valence-electron chi connectivity index (χ2n) is 8.94. The van der Waals surface area contributed by atoms with Gasteiger partial charge in [-0.25, -0.2) is 0 Å². The molecule has 0 radical (unpaired) electrons. The molecule has 0 spiro atoms. The molecule has 2 saturated carbocycles. The maximum Gasteiger partial charge on any atom is 0.319 e. The maximum atomic E-state index is 13.2. The first-order chi connectivity index (χ1) is 13.6. The smallest absolute Gasteiger partial charge is 0.319 e. The Morgan fingerprint density at radius 1 is 0.750 bits per heavy atom. The van der Waals surface area contributed by atoms with E-state index in [2.05, 4.69) is 0 Å². The molecule has 0 amide bonds. The van der Waals surface area contributed by atoms with Crippen molar-refractivity contribution in [1.29, 1.82) is 0 Å². The third kappa shape index (κ3) is 6.42. The Morgan fingerprint density at radius 2 is 1.25 bits per heavy atom. The lowest BCUT2D eigenvalue weighted by molar-refractivity contribution is -0.163. The zero-order valence-electron chi connectivity index (χ0n) is 17.9.